The zero-order valence-electron chi connectivity index (χ0n) is 9.27. The van der Waals surface area contributed by atoms with Crippen LogP contribution in [0, 0.1) is 5.92 Å². The van der Waals surface area contributed by atoms with Crippen LogP contribution in [-0.2, 0) is 10.0 Å². The van der Waals surface area contributed by atoms with Crippen molar-refractivity contribution in [3.8, 4) is 0 Å². The van der Waals surface area contributed by atoms with Crippen molar-refractivity contribution in [2.24, 2.45) is 10.3 Å². The molecule has 1 unspecified atom stereocenters. The van der Waals surface area contributed by atoms with E-state index in [1.807, 2.05) is 13.8 Å². The topological polar surface area (TPSA) is 58.5 Å². The standard InChI is InChI=1S/C11H14N2O2S/c1-3-8(2)11-12-9-6-4-5-7-10(9)16(14,15)13-11/h4-8H,3H2,1-2H3,(H,12,13). The minimum absolute atomic E-state index is 0.114. The van der Waals surface area contributed by atoms with Gasteiger partial charge in [0.25, 0.3) is 10.0 Å². The largest absolute Gasteiger partial charge is 0.342 e. The fourth-order valence-corrected chi connectivity index (χ4v) is 2.77. The van der Waals surface area contributed by atoms with Gasteiger partial charge in [-0.2, -0.15) is 8.42 Å². The molecule has 0 bridgehead atoms. The number of hydrogen-bond acceptors (Lipinski definition) is 3. The zero-order chi connectivity index (χ0) is 11.8. The molecular weight excluding hydrogens is 224 g/mol. The van der Waals surface area contributed by atoms with Gasteiger partial charge in [-0.3, -0.25) is 0 Å². The van der Waals surface area contributed by atoms with E-state index in [4.69, 9.17) is 0 Å². The molecule has 4 nitrogen and oxygen atoms in total. The van der Waals surface area contributed by atoms with E-state index in [2.05, 4.69) is 9.71 Å². The summed E-state index contributed by atoms with van der Waals surface area (Å²) in [5.74, 6) is 0.643. The smallest absolute Gasteiger partial charge is 0.286 e. The normalized spacial score (nSPS) is 19.2. The number of fused-ring (bicyclic) bond motifs is 1. The molecule has 0 aliphatic carbocycles. The molecule has 16 heavy (non-hydrogen) atoms. The van der Waals surface area contributed by atoms with Crippen molar-refractivity contribution >= 4 is 21.5 Å². The van der Waals surface area contributed by atoms with E-state index in [0.717, 1.165) is 6.42 Å². The van der Waals surface area contributed by atoms with Crippen molar-refractivity contribution in [2.45, 2.75) is 25.2 Å². The Labute approximate surface area is 95.5 Å². The number of hydrogen-bond donors (Lipinski definition) is 1. The third-order valence-corrected chi connectivity index (χ3v) is 4.07. The number of rotatable bonds is 2. The van der Waals surface area contributed by atoms with Crippen LogP contribution in [0.2, 0.25) is 0 Å². The molecule has 0 radical (unpaired) electrons. The monoisotopic (exact) mass is 238 g/mol. The Morgan fingerprint density at radius 3 is 2.75 bits per heavy atom. The van der Waals surface area contributed by atoms with Gasteiger partial charge in [0, 0.05) is 5.92 Å². The van der Waals surface area contributed by atoms with Gasteiger partial charge in [-0.1, -0.05) is 26.0 Å². The molecule has 1 aromatic carbocycles. The van der Waals surface area contributed by atoms with Gasteiger partial charge in [0.15, 0.2) is 0 Å². The summed E-state index contributed by atoms with van der Waals surface area (Å²) in [4.78, 5) is 0.252. The Bertz CT molecular complexity index is 535. The first-order valence-corrected chi connectivity index (χ1v) is 6.69. The number of anilines is 1. The van der Waals surface area contributed by atoms with Crippen molar-refractivity contribution < 1.29 is 8.42 Å². The highest BCUT2D eigenvalue weighted by atomic mass is 32.2. The number of amidine groups is 1. The van der Waals surface area contributed by atoms with Crippen molar-refractivity contribution in [3.05, 3.63) is 24.3 Å². The fourth-order valence-electron chi connectivity index (χ4n) is 1.54. The predicted octanol–water partition coefficient (Wildman–Crippen LogP) is 2.25. The molecule has 0 aromatic heterocycles. The van der Waals surface area contributed by atoms with E-state index >= 15 is 0 Å². The molecule has 1 heterocycles. The first-order valence-electron chi connectivity index (χ1n) is 5.25. The van der Waals surface area contributed by atoms with Crippen molar-refractivity contribution in [1.29, 1.82) is 0 Å². The van der Waals surface area contributed by atoms with E-state index in [1.165, 1.54) is 0 Å². The molecule has 1 aromatic rings. The highest BCUT2D eigenvalue weighted by Crippen LogP contribution is 2.28. The van der Waals surface area contributed by atoms with Crippen LogP contribution >= 0.6 is 0 Å². The van der Waals surface area contributed by atoms with Crippen LogP contribution in [0.3, 0.4) is 0 Å². The van der Waals surface area contributed by atoms with Gasteiger partial charge in [0.1, 0.15) is 10.7 Å². The lowest BCUT2D eigenvalue weighted by molar-refractivity contribution is 0.596. The molecule has 2 rings (SSSR count). The lowest BCUT2D eigenvalue weighted by Gasteiger charge is -2.21. The summed E-state index contributed by atoms with van der Waals surface area (Å²) < 4.78 is 27.6. The summed E-state index contributed by atoms with van der Waals surface area (Å²) in [5.41, 5.74) is 0.618. The number of para-hydroxylation sites is 1. The molecule has 0 fully saturated rings. The molecule has 5 heteroatoms. The first-order chi connectivity index (χ1) is 7.54. The van der Waals surface area contributed by atoms with E-state index in [0.29, 0.717) is 11.5 Å². The molecule has 1 atom stereocenters. The maximum absolute atomic E-state index is 11.9. The van der Waals surface area contributed by atoms with Crippen molar-refractivity contribution in [3.63, 3.8) is 0 Å². The second-order valence-corrected chi connectivity index (χ2v) is 5.45. The minimum Gasteiger partial charge on any atom is -0.342 e. The first kappa shape index (κ1) is 11.1. The summed E-state index contributed by atoms with van der Waals surface area (Å²) >= 11 is 0. The summed E-state index contributed by atoms with van der Waals surface area (Å²) in [7, 11) is -3.52. The minimum atomic E-state index is -3.52. The molecule has 1 N–H and O–H groups in total. The van der Waals surface area contributed by atoms with E-state index in [1.54, 1.807) is 24.3 Å². The van der Waals surface area contributed by atoms with Gasteiger partial charge in [-0.15, -0.1) is 4.40 Å². The van der Waals surface area contributed by atoms with E-state index in [-0.39, 0.29) is 10.8 Å². The van der Waals surface area contributed by atoms with Gasteiger partial charge in [0.05, 0.1) is 5.69 Å². The Balaban J connectivity index is 2.52. The molecule has 0 saturated heterocycles. The number of benzene rings is 1. The lowest BCUT2D eigenvalue weighted by atomic mass is 10.1. The van der Waals surface area contributed by atoms with Gasteiger partial charge in [-0.25, -0.2) is 0 Å². The van der Waals surface area contributed by atoms with Gasteiger partial charge in [-0.05, 0) is 18.6 Å². The zero-order valence-corrected chi connectivity index (χ0v) is 10.1. The van der Waals surface area contributed by atoms with Crippen LogP contribution in [0.15, 0.2) is 33.6 Å². The highest BCUT2D eigenvalue weighted by molar-refractivity contribution is 7.90. The molecule has 0 spiro atoms. The highest BCUT2D eigenvalue weighted by Gasteiger charge is 2.25. The van der Waals surface area contributed by atoms with Crippen LogP contribution in [0.4, 0.5) is 5.69 Å². The Kier molecular flexibility index (Phi) is 2.71. The second-order valence-electron chi connectivity index (χ2n) is 3.88. The third kappa shape index (κ3) is 1.82. The van der Waals surface area contributed by atoms with Crippen LogP contribution in [-0.4, -0.2) is 14.3 Å². The van der Waals surface area contributed by atoms with Gasteiger partial charge < -0.3 is 5.32 Å². The summed E-state index contributed by atoms with van der Waals surface area (Å²) in [6.07, 6.45) is 0.851. The number of sulfonamides is 1. The summed E-state index contributed by atoms with van der Waals surface area (Å²) in [6.45, 7) is 3.96. The lowest BCUT2D eigenvalue weighted by Crippen LogP contribution is -2.26. The molecule has 86 valence electrons. The van der Waals surface area contributed by atoms with Gasteiger partial charge in [0.2, 0.25) is 0 Å². The van der Waals surface area contributed by atoms with Crippen molar-refractivity contribution in [2.75, 3.05) is 5.32 Å². The summed E-state index contributed by atoms with van der Waals surface area (Å²) in [6, 6.07) is 6.82. The SMILES string of the molecule is CCC(C)C1=NS(=O)(=O)c2ccccc2N1. The quantitative estimate of drug-likeness (QED) is 0.859. The Hall–Kier alpha value is -1.36. The number of nitrogens with one attached hydrogen (secondary N) is 1. The number of nitrogens with zero attached hydrogens (tertiary/aromatic N) is 1. The maximum atomic E-state index is 11.9. The third-order valence-electron chi connectivity index (χ3n) is 2.73. The van der Waals surface area contributed by atoms with Crippen LogP contribution in [0.1, 0.15) is 20.3 Å². The summed E-state index contributed by atoms with van der Waals surface area (Å²) in [5, 5.41) is 3.07. The molecule has 0 saturated carbocycles. The fraction of sp³-hybridized carbons (Fsp3) is 0.364. The van der Waals surface area contributed by atoms with Crippen molar-refractivity contribution in [1.82, 2.24) is 0 Å². The second kappa shape index (κ2) is 3.90. The van der Waals surface area contributed by atoms with E-state index < -0.39 is 10.0 Å². The molecule has 0 amide bonds. The van der Waals surface area contributed by atoms with Crippen LogP contribution < -0.4 is 5.32 Å². The van der Waals surface area contributed by atoms with Crippen LogP contribution in [0.5, 0.6) is 0 Å². The molecule has 1 aliphatic heterocycles. The maximum Gasteiger partial charge on any atom is 0.286 e. The predicted molar refractivity (Wildman–Crippen MR) is 64.1 cm³/mol. The van der Waals surface area contributed by atoms with E-state index in [9.17, 15) is 8.42 Å². The average molecular weight is 238 g/mol. The molecular formula is C11H14N2O2S. The molecule has 1 aliphatic rings. The van der Waals surface area contributed by atoms with Crippen LogP contribution in [0.25, 0.3) is 0 Å². The van der Waals surface area contributed by atoms with Gasteiger partial charge >= 0.3 is 0 Å². The Morgan fingerprint density at radius 2 is 2.06 bits per heavy atom. The average Bonchev–Trinajstić information content (AvgIpc) is 2.27. The Morgan fingerprint density at radius 1 is 1.38 bits per heavy atom.